The zero-order valence-electron chi connectivity index (χ0n) is 12.6. The summed E-state index contributed by atoms with van der Waals surface area (Å²) in [5.74, 6) is 2.16. The molecule has 7 heteroatoms. The molecule has 1 aromatic carbocycles. The Hall–Kier alpha value is -2.60. The van der Waals surface area contributed by atoms with Gasteiger partial charge < -0.3 is 10.1 Å². The van der Waals surface area contributed by atoms with E-state index in [9.17, 15) is 0 Å². The Morgan fingerprint density at radius 1 is 1.09 bits per heavy atom. The summed E-state index contributed by atoms with van der Waals surface area (Å²) in [6, 6.07) is 12.9. The van der Waals surface area contributed by atoms with Crippen LogP contribution in [0, 0.1) is 6.92 Å². The van der Waals surface area contributed by atoms with Gasteiger partial charge in [0, 0.05) is 11.2 Å². The Morgan fingerprint density at radius 3 is 2.57 bits per heavy atom. The molecule has 0 amide bonds. The van der Waals surface area contributed by atoms with Gasteiger partial charge in [-0.15, -0.1) is 10.2 Å². The van der Waals surface area contributed by atoms with Crippen LogP contribution in [0.3, 0.4) is 0 Å². The largest absolute Gasteiger partial charge is 0.492 e. The van der Waals surface area contributed by atoms with E-state index in [1.54, 1.807) is 16.8 Å². The Labute approximate surface area is 139 Å². The van der Waals surface area contributed by atoms with E-state index < -0.39 is 0 Å². The first-order valence-electron chi connectivity index (χ1n) is 7.19. The lowest BCUT2D eigenvalue weighted by molar-refractivity contribution is 0.332. The minimum atomic E-state index is 0.517. The third-order valence-corrected chi connectivity index (χ3v) is 3.35. The summed E-state index contributed by atoms with van der Waals surface area (Å²) in [5, 5.41) is 16.4. The molecule has 118 valence electrons. The van der Waals surface area contributed by atoms with Crippen LogP contribution in [-0.4, -0.2) is 33.1 Å². The summed E-state index contributed by atoms with van der Waals surface area (Å²) in [7, 11) is 0. The van der Waals surface area contributed by atoms with Crippen molar-refractivity contribution >= 4 is 17.4 Å². The quantitative estimate of drug-likeness (QED) is 0.704. The maximum Gasteiger partial charge on any atom is 0.175 e. The lowest BCUT2D eigenvalue weighted by atomic mass is 10.3. The molecule has 1 N–H and O–H groups in total. The Morgan fingerprint density at radius 2 is 1.91 bits per heavy atom. The molecule has 0 bridgehead atoms. The van der Waals surface area contributed by atoms with Gasteiger partial charge in [-0.1, -0.05) is 11.6 Å². The molecule has 0 saturated heterocycles. The summed E-state index contributed by atoms with van der Waals surface area (Å²) in [6.45, 7) is 3.07. The number of benzene rings is 1. The van der Waals surface area contributed by atoms with E-state index in [1.807, 2.05) is 43.5 Å². The van der Waals surface area contributed by atoms with E-state index in [1.165, 1.54) is 0 Å². The van der Waals surface area contributed by atoms with Gasteiger partial charge in [0.05, 0.1) is 12.2 Å². The molecule has 0 saturated carbocycles. The maximum absolute atomic E-state index is 5.82. The molecule has 0 spiro atoms. The molecule has 6 nitrogen and oxygen atoms in total. The predicted octanol–water partition coefficient (Wildman–Crippen LogP) is 3.12. The van der Waals surface area contributed by atoms with Crippen LogP contribution in [0.2, 0.25) is 5.02 Å². The van der Waals surface area contributed by atoms with Crippen LogP contribution in [0.1, 0.15) is 5.69 Å². The number of hydrogen-bond donors (Lipinski definition) is 1. The normalized spacial score (nSPS) is 10.5. The monoisotopic (exact) mass is 329 g/mol. The maximum atomic E-state index is 5.82. The lowest BCUT2D eigenvalue weighted by Crippen LogP contribution is -2.13. The number of anilines is 1. The average Bonchev–Trinajstić information content (AvgIpc) is 3.00. The molecule has 0 aliphatic carbocycles. The van der Waals surface area contributed by atoms with Crippen molar-refractivity contribution in [2.24, 2.45) is 0 Å². The summed E-state index contributed by atoms with van der Waals surface area (Å²) < 4.78 is 7.29. The SMILES string of the molecule is Cc1ccn(-c2ccc(NCCOc3ccc(Cl)cc3)nn2)n1. The standard InChI is InChI=1S/C16H16ClN5O/c1-12-8-10-22(21-12)16-7-6-15(19-20-16)18-9-11-23-14-4-2-13(17)3-5-14/h2-8,10H,9,11H2,1H3,(H,18,19). The highest BCUT2D eigenvalue weighted by Gasteiger charge is 2.01. The van der Waals surface area contributed by atoms with Crippen molar-refractivity contribution in [1.29, 1.82) is 0 Å². The van der Waals surface area contributed by atoms with Gasteiger partial charge in [0.2, 0.25) is 0 Å². The number of aryl methyl sites for hydroxylation is 1. The Bertz CT molecular complexity index is 755. The summed E-state index contributed by atoms with van der Waals surface area (Å²) in [6.07, 6.45) is 1.85. The fraction of sp³-hybridized carbons (Fsp3) is 0.188. The number of hydrogen-bond acceptors (Lipinski definition) is 5. The van der Waals surface area contributed by atoms with Crippen molar-refractivity contribution in [3.63, 3.8) is 0 Å². The van der Waals surface area contributed by atoms with Crippen LogP contribution >= 0.6 is 11.6 Å². The van der Waals surface area contributed by atoms with Crippen LogP contribution in [0.5, 0.6) is 5.75 Å². The van der Waals surface area contributed by atoms with Crippen LogP contribution in [0.15, 0.2) is 48.7 Å². The van der Waals surface area contributed by atoms with E-state index >= 15 is 0 Å². The summed E-state index contributed by atoms with van der Waals surface area (Å²) in [5.41, 5.74) is 0.938. The van der Waals surface area contributed by atoms with Crippen molar-refractivity contribution in [3.8, 4) is 11.6 Å². The van der Waals surface area contributed by atoms with Gasteiger partial charge in [0.1, 0.15) is 18.2 Å². The first-order valence-corrected chi connectivity index (χ1v) is 7.57. The van der Waals surface area contributed by atoms with Gasteiger partial charge in [-0.2, -0.15) is 5.10 Å². The predicted molar refractivity (Wildman–Crippen MR) is 89.3 cm³/mol. The minimum absolute atomic E-state index is 0.517. The molecule has 0 unspecified atom stereocenters. The number of ether oxygens (including phenoxy) is 1. The molecule has 0 aliphatic heterocycles. The number of rotatable bonds is 6. The van der Waals surface area contributed by atoms with Crippen LogP contribution in [-0.2, 0) is 0 Å². The van der Waals surface area contributed by atoms with Crippen molar-refractivity contribution in [1.82, 2.24) is 20.0 Å². The highest BCUT2D eigenvalue weighted by Crippen LogP contribution is 2.15. The zero-order valence-corrected chi connectivity index (χ0v) is 13.4. The molecule has 3 aromatic rings. The highest BCUT2D eigenvalue weighted by atomic mass is 35.5. The fourth-order valence-corrected chi connectivity index (χ4v) is 2.09. The second kappa shape index (κ2) is 7.11. The van der Waals surface area contributed by atoms with Gasteiger partial charge in [-0.25, -0.2) is 4.68 Å². The second-order valence-corrected chi connectivity index (χ2v) is 5.34. The van der Waals surface area contributed by atoms with Gasteiger partial charge in [-0.05, 0) is 49.4 Å². The zero-order chi connectivity index (χ0) is 16.1. The van der Waals surface area contributed by atoms with Gasteiger partial charge in [-0.3, -0.25) is 0 Å². The molecule has 23 heavy (non-hydrogen) atoms. The van der Waals surface area contributed by atoms with Gasteiger partial charge in [0.15, 0.2) is 5.82 Å². The van der Waals surface area contributed by atoms with Gasteiger partial charge >= 0.3 is 0 Å². The third kappa shape index (κ3) is 4.20. The topological polar surface area (TPSA) is 64.9 Å². The van der Waals surface area contributed by atoms with Crippen molar-refractivity contribution in [2.75, 3.05) is 18.5 Å². The van der Waals surface area contributed by atoms with Gasteiger partial charge in [0.25, 0.3) is 0 Å². The van der Waals surface area contributed by atoms with Crippen molar-refractivity contribution in [3.05, 3.63) is 59.4 Å². The smallest absolute Gasteiger partial charge is 0.175 e. The first-order chi connectivity index (χ1) is 11.2. The molecule has 2 heterocycles. The van der Waals surface area contributed by atoms with Crippen LogP contribution in [0.25, 0.3) is 5.82 Å². The highest BCUT2D eigenvalue weighted by molar-refractivity contribution is 6.30. The van der Waals surface area contributed by atoms with Crippen LogP contribution in [0.4, 0.5) is 5.82 Å². The number of halogens is 1. The molecule has 0 atom stereocenters. The van der Waals surface area contributed by atoms with Crippen LogP contribution < -0.4 is 10.1 Å². The first kappa shape index (κ1) is 15.3. The van der Waals surface area contributed by atoms with Crippen molar-refractivity contribution in [2.45, 2.75) is 6.92 Å². The third-order valence-electron chi connectivity index (χ3n) is 3.10. The minimum Gasteiger partial charge on any atom is -0.492 e. The number of nitrogens with one attached hydrogen (secondary N) is 1. The fourth-order valence-electron chi connectivity index (χ4n) is 1.96. The molecule has 0 radical (unpaired) electrons. The Balaban J connectivity index is 1.48. The van der Waals surface area contributed by atoms with E-state index in [-0.39, 0.29) is 0 Å². The molecule has 2 aromatic heterocycles. The van der Waals surface area contributed by atoms with E-state index in [0.29, 0.717) is 29.8 Å². The molecule has 0 fully saturated rings. The van der Waals surface area contributed by atoms with Crippen molar-refractivity contribution < 1.29 is 4.74 Å². The summed E-state index contributed by atoms with van der Waals surface area (Å²) in [4.78, 5) is 0. The molecular formula is C16H16ClN5O. The van der Waals surface area contributed by atoms with E-state index in [2.05, 4.69) is 20.6 Å². The second-order valence-electron chi connectivity index (χ2n) is 4.91. The molecule has 3 rings (SSSR count). The number of aromatic nitrogens is 4. The Kier molecular flexibility index (Phi) is 4.73. The molecular weight excluding hydrogens is 314 g/mol. The van der Waals surface area contributed by atoms with E-state index in [0.717, 1.165) is 11.4 Å². The number of nitrogens with zero attached hydrogens (tertiary/aromatic N) is 4. The summed E-state index contributed by atoms with van der Waals surface area (Å²) >= 11 is 5.82. The van der Waals surface area contributed by atoms with E-state index in [4.69, 9.17) is 16.3 Å². The lowest BCUT2D eigenvalue weighted by Gasteiger charge is -2.08. The molecule has 0 aliphatic rings. The average molecular weight is 330 g/mol.